The summed E-state index contributed by atoms with van der Waals surface area (Å²) >= 11 is 1.34. The number of hydrogen-bond acceptors (Lipinski definition) is 5. The Morgan fingerprint density at radius 1 is 1.45 bits per heavy atom. The molecular weight excluding hydrogens is 274 g/mol. The molecule has 0 bridgehead atoms. The highest BCUT2D eigenvalue weighted by molar-refractivity contribution is 7.14. The number of carbonyl (C=O) groups is 1. The summed E-state index contributed by atoms with van der Waals surface area (Å²) in [5.41, 5.74) is 2.83. The predicted molar refractivity (Wildman–Crippen MR) is 79.7 cm³/mol. The second-order valence-electron chi connectivity index (χ2n) is 4.33. The number of ether oxygens (including phenoxy) is 1. The Labute approximate surface area is 121 Å². The molecule has 0 aromatic carbocycles. The van der Waals surface area contributed by atoms with E-state index in [4.69, 9.17) is 4.74 Å². The number of thiazole rings is 1. The maximum absolute atomic E-state index is 11.7. The Kier molecular flexibility index (Phi) is 4.34. The molecule has 0 radical (unpaired) electrons. The zero-order valence-corrected chi connectivity index (χ0v) is 12.8. The van der Waals surface area contributed by atoms with Crippen molar-refractivity contribution in [2.75, 3.05) is 6.61 Å². The first-order chi connectivity index (χ1) is 9.52. The molecule has 0 saturated heterocycles. The quantitative estimate of drug-likeness (QED) is 0.813. The summed E-state index contributed by atoms with van der Waals surface area (Å²) < 4.78 is 6.82. The van der Waals surface area contributed by atoms with Gasteiger partial charge in [0.2, 0.25) is 0 Å². The van der Waals surface area contributed by atoms with Crippen LogP contribution in [0.25, 0.3) is 12.2 Å². The highest BCUT2D eigenvalue weighted by Gasteiger charge is 2.15. The SMILES string of the molecule is CCOC(=O)c1sc(C=Cc2cnn(C)c2C)nc1C. The first kappa shape index (κ1) is 14.5. The molecule has 6 heteroatoms. The van der Waals surface area contributed by atoms with Crippen LogP contribution < -0.4 is 0 Å². The minimum atomic E-state index is -0.306. The van der Waals surface area contributed by atoms with Crippen molar-refractivity contribution in [2.45, 2.75) is 20.8 Å². The van der Waals surface area contributed by atoms with Gasteiger partial charge in [-0.25, -0.2) is 9.78 Å². The van der Waals surface area contributed by atoms with Crippen LogP contribution in [0.3, 0.4) is 0 Å². The zero-order chi connectivity index (χ0) is 14.7. The fourth-order valence-electron chi connectivity index (χ4n) is 1.71. The van der Waals surface area contributed by atoms with E-state index in [2.05, 4.69) is 10.1 Å². The Bertz CT molecular complexity index is 655. The normalized spacial score (nSPS) is 11.2. The van der Waals surface area contributed by atoms with E-state index < -0.39 is 0 Å². The van der Waals surface area contributed by atoms with Crippen LogP contribution >= 0.6 is 11.3 Å². The first-order valence-electron chi connectivity index (χ1n) is 6.34. The van der Waals surface area contributed by atoms with Crippen molar-refractivity contribution in [3.8, 4) is 0 Å². The lowest BCUT2D eigenvalue weighted by Gasteiger charge is -1.97. The first-order valence-corrected chi connectivity index (χ1v) is 7.15. The Morgan fingerprint density at radius 2 is 2.20 bits per heavy atom. The molecule has 2 aromatic heterocycles. The van der Waals surface area contributed by atoms with E-state index in [1.54, 1.807) is 13.1 Å². The molecule has 0 aliphatic heterocycles. The number of aromatic nitrogens is 3. The van der Waals surface area contributed by atoms with Crippen LogP contribution in [0.2, 0.25) is 0 Å². The van der Waals surface area contributed by atoms with Gasteiger partial charge in [-0.15, -0.1) is 11.3 Å². The summed E-state index contributed by atoms with van der Waals surface area (Å²) in [7, 11) is 1.90. The molecular formula is C14H17N3O2S. The Balaban J connectivity index is 2.20. The average Bonchev–Trinajstić information content (AvgIpc) is 2.93. The molecule has 0 fully saturated rings. The molecule has 2 aromatic rings. The van der Waals surface area contributed by atoms with E-state index in [0.717, 1.165) is 16.3 Å². The summed E-state index contributed by atoms with van der Waals surface area (Å²) in [6.07, 6.45) is 5.65. The van der Waals surface area contributed by atoms with Crippen LogP contribution in [0.4, 0.5) is 0 Å². The fourth-order valence-corrected chi connectivity index (χ4v) is 2.58. The van der Waals surface area contributed by atoms with Gasteiger partial charge in [0.05, 0.1) is 18.5 Å². The highest BCUT2D eigenvalue weighted by atomic mass is 32.1. The van der Waals surface area contributed by atoms with Gasteiger partial charge in [0.15, 0.2) is 0 Å². The third-order valence-corrected chi connectivity index (χ3v) is 4.06. The van der Waals surface area contributed by atoms with Gasteiger partial charge in [0, 0.05) is 18.3 Å². The second kappa shape index (κ2) is 6.00. The fraction of sp³-hybridized carbons (Fsp3) is 0.357. The van der Waals surface area contributed by atoms with E-state index >= 15 is 0 Å². The second-order valence-corrected chi connectivity index (χ2v) is 5.36. The van der Waals surface area contributed by atoms with E-state index in [-0.39, 0.29) is 5.97 Å². The molecule has 0 saturated carbocycles. The van der Waals surface area contributed by atoms with Gasteiger partial charge in [-0.05, 0) is 32.9 Å². The van der Waals surface area contributed by atoms with Crippen molar-refractivity contribution in [2.24, 2.45) is 7.05 Å². The van der Waals surface area contributed by atoms with Crippen molar-refractivity contribution in [3.05, 3.63) is 33.0 Å². The molecule has 0 spiro atoms. The number of aryl methyl sites for hydroxylation is 2. The van der Waals surface area contributed by atoms with Crippen LogP contribution in [-0.4, -0.2) is 27.3 Å². The van der Waals surface area contributed by atoms with E-state index in [1.165, 1.54) is 11.3 Å². The van der Waals surface area contributed by atoms with Crippen LogP contribution in [0.1, 0.15) is 38.6 Å². The minimum absolute atomic E-state index is 0.306. The molecule has 0 amide bonds. The van der Waals surface area contributed by atoms with Crippen LogP contribution in [0.15, 0.2) is 6.20 Å². The van der Waals surface area contributed by atoms with Gasteiger partial charge in [0.25, 0.3) is 0 Å². The number of hydrogen-bond donors (Lipinski definition) is 0. The van der Waals surface area contributed by atoms with Crippen LogP contribution in [0.5, 0.6) is 0 Å². The van der Waals surface area contributed by atoms with Gasteiger partial charge in [-0.2, -0.15) is 5.10 Å². The molecule has 0 aliphatic carbocycles. The van der Waals surface area contributed by atoms with Crippen molar-refractivity contribution in [1.82, 2.24) is 14.8 Å². The Hall–Kier alpha value is -1.95. The zero-order valence-electron chi connectivity index (χ0n) is 12.0. The third-order valence-electron chi connectivity index (χ3n) is 2.95. The maximum Gasteiger partial charge on any atom is 0.350 e. The summed E-state index contributed by atoms with van der Waals surface area (Å²) in [6.45, 7) is 5.98. The van der Waals surface area contributed by atoms with Crippen molar-refractivity contribution in [3.63, 3.8) is 0 Å². The minimum Gasteiger partial charge on any atom is -0.462 e. The number of rotatable bonds is 4. The molecule has 20 heavy (non-hydrogen) atoms. The van der Waals surface area contributed by atoms with Gasteiger partial charge in [0.1, 0.15) is 9.88 Å². The lowest BCUT2D eigenvalue weighted by atomic mass is 10.2. The van der Waals surface area contributed by atoms with Crippen molar-refractivity contribution < 1.29 is 9.53 Å². The Morgan fingerprint density at radius 3 is 2.80 bits per heavy atom. The molecule has 0 unspecified atom stereocenters. The molecule has 106 valence electrons. The standard InChI is InChI=1S/C14H17N3O2S/c1-5-19-14(18)13-9(2)16-12(20-13)7-6-11-8-15-17(4)10(11)3/h6-8H,5H2,1-4H3. The van der Waals surface area contributed by atoms with Crippen molar-refractivity contribution in [1.29, 1.82) is 0 Å². The van der Waals surface area contributed by atoms with E-state index in [1.807, 2.05) is 37.7 Å². The van der Waals surface area contributed by atoms with E-state index in [9.17, 15) is 4.79 Å². The maximum atomic E-state index is 11.7. The summed E-state index contributed by atoms with van der Waals surface area (Å²) in [6, 6.07) is 0. The smallest absolute Gasteiger partial charge is 0.350 e. The molecule has 0 aliphatic rings. The van der Waals surface area contributed by atoms with Crippen molar-refractivity contribution >= 4 is 29.5 Å². The molecule has 0 atom stereocenters. The largest absolute Gasteiger partial charge is 0.462 e. The third kappa shape index (κ3) is 2.96. The van der Waals surface area contributed by atoms with Gasteiger partial charge >= 0.3 is 5.97 Å². The summed E-state index contributed by atoms with van der Waals surface area (Å²) in [5.74, 6) is -0.306. The molecule has 2 rings (SSSR count). The highest BCUT2D eigenvalue weighted by Crippen LogP contribution is 2.21. The van der Waals surface area contributed by atoms with Crippen LogP contribution in [-0.2, 0) is 11.8 Å². The monoisotopic (exact) mass is 291 g/mol. The number of nitrogens with zero attached hydrogens (tertiary/aromatic N) is 3. The number of carbonyl (C=O) groups excluding carboxylic acids is 1. The average molecular weight is 291 g/mol. The van der Waals surface area contributed by atoms with Gasteiger partial charge < -0.3 is 4.74 Å². The molecule has 5 nitrogen and oxygen atoms in total. The van der Waals surface area contributed by atoms with Gasteiger partial charge in [-0.3, -0.25) is 4.68 Å². The lowest BCUT2D eigenvalue weighted by Crippen LogP contribution is -2.03. The number of esters is 1. The molecule has 2 heterocycles. The van der Waals surface area contributed by atoms with Crippen LogP contribution in [0, 0.1) is 13.8 Å². The molecule has 0 N–H and O–H groups in total. The summed E-state index contributed by atoms with van der Waals surface area (Å²) in [4.78, 5) is 16.7. The predicted octanol–water partition coefficient (Wildman–Crippen LogP) is 2.84. The van der Waals surface area contributed by atoms with E-state index in [0.29, 0.717) is 17.2 Å². The topological polar surface area (TPSA) is 57.0 Å². The summed E-state index contributed by atoms with van der Waals surface area (Å²) in [5, 5.41) is 4.96. The van der Waals surface area contributed by atoms with Gasteiger partial charge in [-0.1, -0.05) is 0 Å². The lowest BCUT2D eigenvalue weighted by molar-refractivity contribution is 0.0531.